The number of aliphatic hydroxyl groups excluding tert-OH is 1. The predicted octanol–water partition coefficient (Wildman–Crippen LogP) is 1.96. The summed E-state index contributed by atoms with van der Waals surface area (Å²) in [5.41, 5.74) is 0.193. The van der Waals surface area contributed by atoms with Gasteiger partial charge in [0.25, 0.3) is 0 Å². The standard InChI is InChI=1S/C11H20O2/c1-11(5-2-3-6-11)10(12)9-4-7-13-8-9/h9-10,12H,2-8H2,1H3. The maximum absolute atomic E-state index is 10.2. The summed E-state index contributed by atoms with van der Waals surface area (Å²) in [5.74, 6) is 0.406. The van der Waals surface area contributed by atoms with Crippen molar-refractivity contribution in [3.63, 3.8) is 0 Å². The highest BCUT2D eigenvalue weighted by Crippen LogP contribution is 2.44. The van der Waals surface area contributed by atoms with Crippen LogP contribution in [0.1, 0.15) is 39.0 Å². The fourth-order valence-electron chi connectivity index (χ4n) is 2.85. The van der Waals surface area contributed by atoms with Crippen LogP contribution in [0.4, 0.5) is 0 Å². The van der Waals surface area contributed by atoms with Gasteiger partial charge in [0, 0.05) is 12.5 Å². The lowest BCUT2D eigenvalue weighted by molar-refractivity contribution is -0.00864. The van der Waals surface area contributed by atoms with E-state index in [-0.39, 0.29) is 11.5 Å². The zero-order chi connectivity index (χ0) is 9.31. The van der Waals surface area contributed by atoms with Gasteiger partial charge in [-0.25, -0.2) is 0 Å². The predicted molar refractivity (Wildman–Crippen MR) is 51.5 cm³/mol. The highest BCUT2D eigenvalue weighted by Gasteiger charge is 2.41. The zero-order valence-corrected chi connectivity index (χ0v) is 8.46. The summed E-state index contributed by atoms with van der Waals surface area (Å²) in [6, 6.07) is 0. The molecule has 1 aliphatic carbocycles. The molecule has 0 aromatic rings. The second-order valence-corrected chi connectivity index (χ2v) is 4.93. The lowest BCUT2D eigenvalue weighted by atomic mass is 9.76. The summed E-state index contributed by atoms with van der Waals surface area (Å²) in [6.45, 7) is 3.86. The van der Waals surface area contributed by atoms with Gasteiger partial charge in [-0.3, -0.25) is 0 Å². The van der Waals surface area contributed by atoms with E-state index >= 15 is 0 Å². The quantitative estimate of drug-likeness (QED) is 0.711. The van der Waals surface area contributed by atoms with Crippen LogP contribution in [0.3, 0.4) is 0 Å². The molecule has 76 valence electrons. The van der Waals surface area contributed by atoms with Gasteiger partial charge in [-0.05, 0) is 24.7 Å². The van der Waals surface area contributed by atoms with E-state index in [1.807, 2.05) is 0 Å². The molecule has 2 unspecified atom stereocenters. The molecule has 2 nitrogen and oxygen atoms in total. The summed E-state index contributed by atoms with van der Waals surface area (Å²) in [5, 5.41) is 10.2. The second kappa shape index (κ2) is 3.58. The van der Waals surface area contributed by atoms with Gasteiger partial charge in [-0.15, -0.1) is 0 Å². The van der Waals surface area contributed by atoms with Gasteiger partial charge in [0.05, 0.1) is 12.7 Å². The fraction of sp³-hybridized carbons (Fsp3) is 1.00. The van der Waals surface area contributed by atoms with Crippen molar-refractivity contribution in [3.8, 4) is 0 Å². The van der Waals surface area contributed by atoms with Gasteiger partial charge >= 0.3 is 0 Å². The topological polar surface area (TPSA) is 29.5 Å². The van der Waals surface area contributed by atoms with E-state index in [9.17, 15) is 5.11 Å². The summed E-state index contributed by atoms with van der Waals surface area (Å²) in [6.07, 6.45) is 5.91. The molecule has 1 heterocycles. The average Bonchev–Trinajstić information content (AvgIpc) is 2.73. The van der Waals surface area contributed by atoms with E-state index < -0.39 is 0 Å². The molecule has 0 radical (unpaired) electrons. The van der Waals surface area contributed by atoms with Crippen molar-refractivity contribution in [1.29, 1.82) is 0 Å². The Morgan fingerprint density at radius 1 is 1.38 bits per heavy atom. The minimum Gasteiger partial charge on any atom is -0.392 e. The van der Waals surface area contributed by atoms with Crippen LogP contribution < -0.4 is 0 Å². The molecule has 0 bridgehead atoms. The second-order valence-electron chi connectivity index (χ2n) is 4.93. The van der Waals surface area contributed by atoms with Crippen molar-refractivity contribution in [2.75, 3.05) is 13.2 Å². The minimum atomic E-state index is -0.127. The highest BCUT2D eigenvalue weighted by atomic mass is 16.5. The maximum atomic E-state index is 10.2. The number of aliphatic hydroxyl groups is 1. The first kappa shape index (κ1) is 9.47. The molecule has 2 fully saturated rings. The van der Waals surface area contributed by atoms with Crippen LogP contribution in [0.25, 0.3) is 0 Å². The van der Waals surface area contributed by atoms with Crippen molar-refractivity contribution in [1.82, 2.24) is 0 Å². The number of ether oxygens (including phenoxy) is 1. The van der Waals surface area contributed by atoms with Crippen molar-refractivity contribution < 1.29 is 9.84 Å². The van der Waals surface area contributed by atoms with E-state index in [0.29, 0.717) is 5.92 Å². The Hall–Kier alpha value is -0.0800. The normalized spacial score (nSPS) is 35.1. The van der Waals surface area contributed by atoms with Gasteiger partial charge in [-0.2, -0.15) is 0 Å². The molecule has 0 aromatic carbocycles. The SMILES string of the molecule is CC1(C(O)C2CCOC2)CCCC1. The molecule has 2 aliphatic rings. The molecule has 13 heavy (non-hydrogen) atoms. The summed E-state index contributed by atoms with van der Waals surface area (Å²) in [4.78, 5) is 0. The third-order valence-electron chi connectivity index (χ3n) is 3.87. The van der Waals surface area contributed by atoms with E-state index in [2.05, 4.69) is 6.92 Å². The van der Waals surface area contributed by atoms with E-state index in [4.69, 9.17) is 4.74 Å². The van der Waals surface area contributed by atoms with E-state index in [1.165, 1.54) is 25.7 Å². The first-order valence-corrected chi connectivity index (χ1v) is 5.48. The third-order valence-corrected chi connectivity index (χ3v) is 3.87. The van der Waals surface area contributed by atoms with Gasteiger partial charge in [-0.1, -0.05) is 19.8 Å². The Labute approximate surface area is 80.3 Å². The Bertz CT molecular complexity index is 167. The van der Waals surface area contributed by atoms with Crippen LogP contribution in [0.15, 0.2) is 0 Å². The summed E-state index contributed by atoms with van der Waals surface area (Å²) >= 11 is 0. The van der Waals surface area contributed by atoms with Crippen LogP contribution in [-0.2, 0) is 4.74 Å². The van der Waals surface area contributed by atoms with Gasteiger partial charge < -0.3 is 9.84 Å². The van der Waals surface area contributed by atoms with Crippen LogP contribution in [0.2, 0.25) is 0 Å². The molecule has 1 N–H and O–H groups in total. The smallest absolute Gasteiger partial charge is 0.0644 e. The molecule has 0 aromatic heterocycles. The Kier molecular flexibility index (Phi) is 2.61. The average molecular weight is 184 g/mol. The van der Waals surface area contributed by atoms with Gasteiger partial charge in [0.15, 0.2) is 0 Å². The van der Waals surface area contributed by atoms with Crippen LogP contribution >= 0.6 is 0 Å². The number of rotatable bonds is 2. The highest BCUT2D eigenvalue weighted by molar-refractivity contribution is 4.91. The zero-order valence-electron chi connectivity index (χ0n) is 8.46. The van der Waals surface area contributed by atoms with Gasteiger partial charge in [0.2, 0.25) is 0 Å². The van der Waals surface area contributed by atoms with Gasteiger partial charge in [0.1, 0.15) is 0 Å². The molecule has 2 rings (SSSR count). The Morgan fingerprint density at radius 3 is 2.62 bits per heavy atom. The van der Waals surface area contributed by atoms with Crippen molar-refractivity contribution >= 4 is 0 Å². The molecule has 0 amide bonds. The van der Waals surface area contributed by atoms with E-state index in [0.717, 1.165) is 19.6 Å². The lowest BCUT2D eigenvalue weighted by Gasteiger charge is -2.33. The first-order chi connectivity index (χ1) is 6.22. The van der Waals surface area contributed by atoms with Crippen LogP contribution in [-0.4, -0.2) is 24.4 Å². The maximum Gasteiger partial charge on any atom is 0.0644 e. The lowest BCUT2D eigenvalue weighted by Crippen LogP contribution is -2.36. The molecular weight excluding hydrogens is 164 g/mol. The minimum absolute atomic E-state index is 0.127. The Morgan fingerprint density at radius 2 is 2.08 bits per heavy atom. The first-order valence-electron chi connectivity index (χ1n) is 5.48. The molecule has 1 aliphatic heterocycles. The largest absolute Gasteiger partial charge is 0.392 e. The molecular formula is C11H20O2. The number of hydrogen-bond donors (Lipinski definition) is 1. The fourth-order valence-corrected chi connectivity index (χ4v) is 2.85. The van der Waals surface area contributed by atoms with E-state index in [1.54, 1.807) is 0 Å². The monoisotopic (exact) mass is 184 g/mol. The molecule has 2 heteroatoms. The molecule has 1 saturated carbocycles. The third kappa shape index (κ3) is 1.75. The molecule has 1 saturated heterocycles. The van der Waals surface area contributed by atoms with Crippen molar-refractivity contribution in [2.24, 2.45) is 11.3 Å². The Balaban J connectivity index is 1.97. The van der Waals surface area contributed by atoms with Crippen LogP contribution in [0, 0.1) is 11.3 Å². The summed E-state index contributed by atoms with van der Waals surface area (Å²) < 4.78 is 5.32. The van der Waals surface area contributed by atoms with Crippen molar-refractivity contribution in [3.05, 3.63) is 0 Å². The molecule has 0 spiro atoms. The number of hydrogen-bond acceptors (Lipinski definition) is 2. The van der Waals surface area contributed by atoms with Crippen molar-refractivity contribution in [2.45, 2.75) is 45.1 Å². The van der Waals surface area contributed by atoms with Crippen LogP contribution in [0.5, 0.6) is 0 Å². The summed E-state index contributed by atoms with van der Waals surface area (Å²) in [7, 11) is 0. The molecule has 2 atom stereocenters.